The molecule has 0 saturated heterocycles. The smallest absolute Gasteiger partial charge is 0.251 e. The molecule has 2 amide bonds. The van der Waals surface area contributed by atoms with E-state index in [2.05, 4.69) is 17.6 Å². The molecule has 0 aromatic heterocycles. The summed E-state index contributed by atoms with van der Waals surface area (Å²) in [4.78, 5) is 24.0. The third-order valence-electron chi connectivity index (χ3n) is 4.15. The van der Waals surface area contributed by atoms with E-state index >= 15 is 0 Å². The van der Waals surface area contributed by atoms with Crippen LogP contribution in [0.1, 0.15) is 39.9 Å². The molecule has 0 radical (unpaired) electrons. The van der Waals surface area contributed by atoms with Gasteiger partial charge in [0, 0.05) is 12.1 Å². The highest BCUT2D eigenvalue weighted by atomic mass is 16.2. The Hall–Kier alpha value is -2.62. The van der Waals surface area contributed by atoms with Gasteiger partial charge in [-0.1, -0.05) is 43.3 Å². The topological polar surface area (TPSA) is 58.2 Å². The van der Waals surface area contributed by atoms with E-state index in [9.17, 15) is 9.59 Å². The van der Waals surface area contributed by atoms with E-state index in [4.69, 9.17) is 0 Å². The van der Waals surface area contributed by atoms with Crippen LogP contribution in [0.2, 0.25) is 0 Å². The second-order valence-electron chi connectivity index (χ2n) is 6.10. The molecule has 4 nitrogen and oxygen atoms in total. The van der Waals surface area contributed by atoms with Crippen LogP contribution in [-0.4, -0.2) is 24.9 Å². The molecule has 24 heavy (non-hydrogen) atoms. The molecule has 0 saturated carbocycles. The summed E-state index contributed by atoms with van der Waals surface area (Å²) in [5, 5.41) is 5.51. The number of rotatable bonds is 6. The van der Waals surface area contributed by atoms with Crippen molar-refractivity contribution in [1.29, 1.82) is 0 Å². The molecular weight excluding hydrogens is 300 g/mol. The van der Waals surface area contributed by atoms with Crippen LogP contribution in [0.25, 0.3) is 0 Å². The van der Waals surface area contributed by atoms with Crippen LogP contribution >= 0.6 is 0 Å². The largest absolute Gasteiger partial charge is 0.354 e. The molecule has 0 bridgehead atoms. The summed E-state index contributed by atoms with van der Waals surface area (Å²) in [6.07, 6.45) is 0. The zero-order valence-electron chi connectivity index (χ0n) is 14.4. The van der Waals surface area contributed by atoms with Crippen LogP contribution in [0.5, 0.6) is 0 Å². The molecule has 2 rings (SSSR count). The maximum Gasteiger partial charge on any atom is 0.251 e. The van der Waals surface area contributed by atoms with E-state index in [0.29, 0.717) is 12.1 Å². The first-order valence-corrected chi connectivity index (χ1v) is 8.14. The first kappa shape index (κ1) is 17.7. The normalized spacial score (nSPS) is 11.6. The van der Waals surface area contributed by atoms with E-state index in [0.717, 1.165) is 11.1 Å². The average molecular weight is 324 g/mol. The zero-order valence-corrected chi connectivity index (χ0v) is 14.4. The lowest BCUT2D eigenvalue weighted by Crippen LogP contribution is -2.38. The average Bonchev–Trinajstić information content (AvgIpc) is 2.60. The molecule has 0 aliphatic heterocycles. The van der Waals surface area contributed by atoms with Gasteiger partial charge in [0.25, 0.3) is 5.91 Å². The second-order valence-corrected chi connectivity index (χ2v) is 6.10. The quantitative estimate of drug-likeness (QED) is 0.858. The minimum atomic E-state index is -0.232. The van der Waals surface area contributed by atoms with Crippen LogP contribution < -0.4 is 10.6 Å². The molecule has 0 aliphatic rings. The Morgan fingerprint density at radius 1 is 0.958 bits per heavy atom. The van der Waals surface area contributed by atoms with Gasteiger partial charge in [0.2, 0.25) is 5.91 Å². The van der Waals surface area contributed by atoms with Crippen molar-refractivity contribution in [2.24, 2.45) is 0 Å². The first-order chi connectivity index (χ1) is 11.5. The third-order valence-corrected chi connectivity index (χ3v) is 4.15. The van der Waals surface area contributed by atoms with Crippen LogP contribution in [-0.2, 0) is 4.79 Å². The SMILES string of the molecule is Cc1ccc(C(=O)NCC(=O)NC[C@@H](C)c2ccccc2)cc1C. The van der Waals surface area contributed by atoms with Crippen LogP contribution in [0, 0.1) is 13.8 Å². The van der Waals surface area contributed by atoms with Gasteiger partial charge >= 0.3 is 0 Å². The van der Waals surface area contributed by atoms with Gasteiger partial charge in [-0.2, -0.15) is 0 Å². The van der Waals surface area contributed by atoms with Gasteiger partial charge in [0.1, 0.15) is 0 Å². The molecular formula is C20H24N2O2. The van der Waals surface area contributed by atoms with Gasteiger partial charge in [0.05, 0.1) is 6.54 Å². The van der Waals surface area contributed by atoms with E-state index < -0.39 is 0 Å². The van der Waals surface area contributed by atoms with Crippen LogP contribution in [0.3, 0.4) is 0 Å². The molecule has 2 aromatic rings. The van der Waals surface area contributed by atoms with Crippen molar-refractivity contribution >= 4 is 11.8 Å². The standard InChI is InChI=1S/C20H24N2O2/c1-14-9-10-18(11-15(14)2)20(24)22-13-19(23)21-12-16(3)17-7-5-4-6-8-17/h4-11,16H,12-13H2,1-3H3,(H,21,23)(H,22,24)/t16-/m1/s1. The summed E-state index contributed by atoms with van der Waals surface area (Å²) in [6, 6.07) is 15.5. The highest BCUT2D eigenvalue weighted by molar-refractivity contribution is 5.96. The number of carbonyl (C=O) groups excluding carboxylic acids is 2. The van der Waals surface area contributed by atoms with Crippen LogP contribution in [0.15, 0.2) is 48.5 Å². The first-order valence-electron chi connectivity index (χ1n) is 8.14. The van der Waals surface area contributed by atoms with E-state index in [-0.39, 0.29) is 24.3 Å². The minimum Gasteiger partial charge on any atom is -0.354 e. The number of hydrogen-bond donors (Lipinski definition) is 2. The molecule has 0 aliphatic carbocycles. The monoisotopic (exact) mass is 324 g/mol. The third kappa shape index (κ3) is 4.95. The molecule has 0 spiro atoms. The summed E-state index contributed by atoms with van der Waals surface area (Å²) in [7, 11) is 0. The fraction of sp³-hybridized carbons (Fsp3) is 0.300. The maximum atomic E-state index is 12.1. The molecule has 0 fully saturated rings. The lowest BCUT2D eigenvalue weighted by molar-refractivity contribution is -0.120. The lowest BCUT2D eigenvalue weighted by atomic mass is 10.0. The Kier molecular flexibility index (Phi) is 6.13. The van der Waals surface area contributed by atoms with Crippen molar-refractivity contribution in [2.45, 2.75) is 26.7 Å². The fourth-order valence-corrected chi connectivity index (χ4v) is 2.37. The molecule has 4 heteroatoms. The Labute approximate surface area is 143 Å². The highest BCUT2D eigenvalue weighted by Crippen LogP contribution is 2.13. The van der Waals surface area contributed by atoms with Gasteiger partial charge in [0.15, 0.2) is 0 Å². The molecule has 1 atom stereocenters. The minimum absolute atomic E-state index is 0.0206. The summed E-state index contributed by atoms with van der Waals surface area (Å²) in [6.45, 7) is 6.54. The predicted octanol–water partition coefficient (Wildman–Crippen LogP) is 2.95. The number of benzene rings is 2. The van der Waals surface area contributed by atoms with Crippen molar-refractivity contribution in [3.63, 3.8) is 0 Å². The van der Waals surface area contributed by atoms with Crippen molar-refractivity contribution in [3.8, 4) is 0 Å². The van der Waals surface area contributed by atoms with Crippen LogP contribution in [0.4, 0.5) is 0 Å². The second kappa shape index (κ2) is 8.29. The van der Waals surface area contributed by atoms with E-state index in [1.807, 2.05) is 56.3 Å². The molecule has 2 N–H and O–H groups in total. The van der Waals surface area contributed by atoms with Crippen molar-refractivity contribution in [1.82, 2.24) is 10.6 Å². The summed E-state index contributed by atoms with van der Waals surface area (Å²) < 4.78 is 0. The maximum absolute atomic E-state index is 12.1. The number of aryl methyl sites for hydroxylation is 2. The van der Waals surface area contributed by atoms with Crippen molar-refractivity contribution in [3.05, 3.63) is 70.8 Å². The number of nitrogens with one attached hydrogen (secondary N) is 2. The Balaban J connectivity index is 1.78. The molecule has 0 heterocycles. The Morgan fingerprint density at radius 3 is 2.33 bits per heavy atom. The van der Waals surface area contributed by atoms with Gasteiger partial charge in [-0.25, -0.2) is 0 Å². The molecule has 126 valence electrons. The summed E-state index contributed by atoms with van der Waals surface area (Å²) >= 11 is 0. The fourth-order valence-electron chi connectivity index (χ4n) is 2.37. The number of carbonyl (C=O) groups is 2. The van der Waals surface area contributed by atoms with Crippen molar-refractivity contribution < 1.29 is 9.59 Å². The van der Waals surface area contributed by atoms with Gasteiger partial charge in [-0.3, -0.25) is 9.59 Å². The van der Waals surface area contributed by atoms with Crippen molar-refractivity contribution in [2.75, 3.05) is 13.1 Å². The number of hydrogen-bond acceptors (Lipinski definition) is 2. The highest BCUT2D eigenvalue weighted by Gasteiger charge is 2.10. The van der Waals surface area contributed by atoms with E-state index in [1.54, 1.807) is 6.07 Å². The number of amides is 2. The summed E-state index contributed by atoms with van der Waals surface area (Å²) in [5.41, 5.74) is 3.95. The zero-order chi connectivity index (χ0) is 17.5. The van der Waals surface area contributed by atoms with E-state index in [1.165, 1.54) is 5.56 Å². The van der Waals surface area contributed by atoms with Gasteiger partial charge in [-0.15, -0.1) is 0 Å². The molecule has 0 unspecified atom stereocenters. The summed E-state index contributed by atoms with van der Waals surface area (Å²) in [5.74, 6) is -0.190. The Morgan fingerprint density at radius 2 is 1.67 bits per heavy atom. The Bertz CT molecular complexity index is 711. The van der Waals surface area contributed by atoms with Gasteiger partial charge < -0.3 is 10.6 Å². The molecule has 2 aromatic carbocycles. The lowest BCUT2D eigenvalue weighted by Gasteiger charge is -2.13. The van der Waals surface area contributed by atoms with Gasteiger partial charge in [-0.05, 0) is 48.6 Å². The predicted molar refractivity (Wildman–Crippen MR) is 96.1 cm³/mol.